The van der Waals surface area contributed by atoms with E-state index in [2.05, 4.69) is 14.7 Å². The summed E-state index contributed by atoms with van der Waals surface area (Å²) in [5.41, 5.74) is 1.07. The van der Waals surface area contributed by atoms with Crippen LogP contribution in [-0.2, 0) is 24.1 Å². The minimum atomic E-state index is -3.96. The lowest BCUT2D eigenvalue weighted by Crippen LogP contribution is -2.19. The molecule has 11 heteroatoms. The van der Waals surface area contributed by atoms with Gasteiger partial charge < -0.3 is 14.5 Å². The lowest BCUT2D eigenvalue weighted by Gasteiger charge is -2.14. The number of imidazole rings is 2. The molecule has 168 valence electrons. The van der Waals surface area contributed by atoms with E-state index in [9.17, 15) is 13.2 Å². The fourth-order valence-electron chi connectivity index (χ4n) is 3.25. The second-order valence-electron chi connectivity index (χ2n) is 7.18. The first-order valence-electron chi connectivity index (χ1n) is 9.91. The fourth-order valence-corrected chi connectivity index (χ4v) is 4.22. The van der Waals surface area contributed by atoms with Gasteiger partial charge in [0.25, 0.3) is 10.0 Å². The number of hydrogen-bond acceptors (Lipinski definition) is 6. The molecule has 2 aromatic carbocycles. The quantitative estimate of drug-likeness (QED) is 0.420. The third-order valence-electron chi connectivity index (χ3n) is 4.89. The number of nitrogens with zero attached hydrogens (tertiary/aromatic N) is 3. The zero-order valence-corrected chi connectivity index (χ0v) is 18.6. The highest BCUT2D eigenvalue weighted by Crippen LogP contribution is 2.35. The van der Waals surface area contributed by atoms with E-state index < -0.39 is 10.0 Å². The van der Waals surface area contributed by atoms with Gasteiger partial charge >= 0.3 is 5.69 Å². The lowest BCUT2D eigenvalue weighted by atomic mass is 10.2. The Bertz CT molecular complexity index is 1420. The SMILES string of the molecule is CCCOc1cccc(Oc2cc3c(cc2NS(=O)(=O)c2cnc[nH]2)n(C)c(=O)n3C)c1. The van der Waals surface area contributed by atoms with E-state index in [0.29, 0.717) is 29.1 Å². The predicted octanol–water partition coefficient (Wildman–Crippen LogP) is 2.98. The van der Waals surface area contributed by atoms with Crippen molar-refractivity contribution in [3.05, 3.63) is 59.4 Å². The van der Waals surface area contributed by atoms with Crippen molar-refractivity contribution in [2.75, 3.05) is 11.3 Å². The smallest absolute Gasteiger partial charge is 0.328 e. The highest BCUT2D eigenvalue weighted by Gasteiger charge is 2.21. The first kappa shape index (κ1) is 21.5. The Morgan fingerprint density at radius 2 is 1.81 bits per heavy atom. The summed E-state index contributed by atoms with van der Waals surface area (Å²) >= 11 is 0. The van der Waals surface area contributed by atoms with E-state index >= 15 is 0 Å². The van der Waals surface area contributed by atoms with Gasteiger partial charge in [0, 0.05) is 26.2 Å². The topological polar surface area (TPSA) is 120 Å². The number of benzene rings is 2. The van der Waals surface area contributed by atoms with Gasteiger partial charge in [-0.3, -0.25) is 13.9 Å². The van der Waals surface area contributed by atoms with Crippen molar-refractivity contribution in [3.8, 4) is 17.2 Å². The highest BCUT2D eigenvalue weighted by atomic mass is 32.2. The summed E-state index contributed by atoms with van der Waals surface area (Å²) < 4.78 is 42.7. The van der Waals surface area contributed by atoms with E-state index in [-0.39, 0.29) is 22.2 Å². The van der Waals surface area contributed by atoms with Crippen LogP contribution in [0.15, 0.2) is 58.7 Å². The molecule has 0 saturated heterocycles. The maximum absolute atomic E-state index is 12.8. The second-order valence-corrected chi connectivity index (χ2v) is 8.84. The molecule has 2 N–H and O–H groups in total. The Balaban J connectivity index is 1.80. The third kappa shape index (κ3) is 4.06. The molecule has 0 spiro atoms. The van der Waals surface area contributed by atoms with E-state index in [0.717, 1.165) is 6.42 Å². The van der Waals surface area contributed by atoms with Gasteiger partial charge in [-0.25, -0.2) is 9.78 Å². The molecule has 0 aliphatic rings. The Kier molecular flexibility index (Phi) is 5.66. The summed E-state index contributed by atoms with van der Waals surface area (Å²) in [5.74, 6) is 1.33. The number of hydrogen-bond donors (Lipinski definition) is 2. The van der Waals surface area contributed by atoms with Crippen LogP contribution in [0.4, 0.5) is 5.69 Å². The van der Waals surface area contributed by atoms with E-state index in [4.69, 9.17) is 9.47 Å². The van der Waals surface area contributed by atoms with Crippen LogP contribution in [-0.4, -0.2) is 34.1 Å². The first-order chi connectivity index (χ1) is 15.3. The predicted molar refractivity (Wildman–Crippen MR) is 120 cm³/mol. The van der Waals surface area contributed by atoms with Gasteiger partial charge in [-0.1, -0.05) is 13.0 Å². The van der Waals surface area contributed by atoms with Crippen LogP contribution >= 0.6 is 0 Å². The largest absolute Gasteiger partial charge is 0.493 e. The average Bonchev–Trinajstić information content (AvgIpc) is 3.39. The molecule has 4 rings (SSSR count). The summed E-state index contributed by atoms with van der Waals surface area (Å²) in [6, 6.07) is 10.2. The number of H-pyrrole nitrogens is 1. The maximum atomic E-state index is 12.8. The third-order valence-corrected chi connectivity index (χ3v) is 6.18. The summed E-state index contributed by atoms with van der Waals surface area (Å²) in [6.45, 7) is 2.58. The van der Waals surface area contributed by atoms with Crippen LogP contribution in [0.25, 0.3) is 11.0 Å². The van der Waals surface area contributed by atoms with Crippen molar-refractivity contribution in [3.63, 3.8) is 0 Å². The van der Waals surface area contributed by atoms with Gasteiger partial charge in [0.1, 0.15) is 11.5 Å². The van der Waals surface area contributed by atoms with Gasteiger partial charge in [-0.15, -0.1) is 0 Å². The first-order valence-corrected chi connectivity index (χ1v) is 11.4. The molecule has 0 radical (unpaired) electrons. The average molecular weight is 458 g/mol. The highest BCUT2D eigenvalue weighted by molar-refractivity contribution is 7.92. The molecule has 0 aliphatic carbocycles. The zero-order valence-electron chi connectivity index (χ0n) is 17.8. The Labute approximate surface area is 184 Å². The molecule has 2 aromatic heterocycles. The van der Waals surface area contributed by atoms with Crippen molar-refractivity contribution in [2.45, 2.75) is 18.4 Å². The number of aromatic nitrogens is 4. The number of sulfonamides is 1. The number of aryl methyl sites for hydroxylation is 2. The van der Waals surface area contributed by atoms with Crippen molar-refractivity contribution in [2.24, 2.45) is 14.1 Å². The molecular formula is C21H23N5O5S. The van der Waals surface area contributed by atoms with Gasteiger partial charge in [0.05, 0.1) is 35.9 Å². The molecule has 10 nitrogen and oxygen atoms in total. The fraction of sp³-hybridized carbons (Fsp3) is 0.238. The van der Waals surface area contributed by atoms with Crippen LogP contribution in [0.1, 0.15) is 13.3 Å². The lowest BCUT2D eigenvalue weighted by molar-refractivity contribution is 0.316. The molecule has 0 unspecified atom stereocenters. The summed E-state index contributed by atoms with van der Waals surface area (Å²) in [6.07, 6.45) is 3.34. The van der Waals surface area contributed by atoms with E-state index in [1.54, 1.807) is 44.4 Å². The number of aromatic amines is 1. The standard InChI is InChI=1S/C21H23N5O5S/c1-4-8-30-14-6-5-7-15(9-14)31-19-11-18-17(25(2)21(27)26(18)3)10-16(19)24-32(28,29)20-12-22-13-23-20/h5-7,9-13,24H,4,8H2,1-3H3,(H,22,23). The minimum Gasteiger partial charge on any atom is -0.493 e. The van der Waals surface area contributed by atoms with Crippen LogP contribution in [0.3, 0.4) is 0 Å². The van der Waals surface area contributed by atoms with Gasteiger partial charge in [0.2, 0.25) is 0 Å². The maximum Gasteiger partial charge on any atom is 0.328 e. The van der Waals surface area contributed by atoms with E-state index in [1.807, 2.05) is 13.0 Å². The minimum absolute atomic E-state index is 0.0968. The van der Waals surface area contributed by atoms with Crippen LogP contribution in [0.5, 0.6) is 17.2 Å². The number of ether oxygens (including phenoxy) is 2. The van der Waals surface area contributed by atoms with Crippen LogP contribution in [0, 0.1) is 0 Å². The van der Waals surface area contributed by atoms with Gasteiger partial charge in [0.15, 0.2) is 10.8 Å². The molecule has 0 bridgehead atoms. The molecule has 2 heterocycles. The molecule has 0 saturated carbocycles. The summed E-state index contributed by atoms with van der Waals surface area (Å²) in [4.78, 5) is 18.7. The summed E-state index contributed by atoms with van der Waals surface area (Å²) in [5, 5.41) is -0.0968. The molecule has 0 aliphatic heterocycles. The van der Waals surface area contributed by atoms with Crippen LogP contribution < -0.4 is 19.9 Å². The van der Waals surface area contributed by atoms with Crippen molar-refractivity contribution < 1.29 is 17.9 Å². The number of nitrogens with one attached hydrogen (secondary N) is 2. The molecular weight excluding hydrogens is 434 g/mol. The summed E-state index contributed by atoms with van der Waals surface area (Å²) in [7, 11) is -0.698. The Hall–Kier alpha value is -3.73. The molecule has 32 heavy (non-hydrogen) atoms. The van der Waals surface area contributed by atoms with Crippen molar-refractivity contribution in [1.82, 2.24) is 19.1 Å². The molecule has 0 fully saturated rings. The van der Waals surface area contributed by atoms with Crippen molar-refractivity contribution in [1.29, 1.82) is 0 Å². The second kappa shape index (κ2) is 8.42. The molecule has 0 atom stereocenters. The van der Waals surface area contributed by atoms with E-state index in [1.165, 1.54) is 21.7 Å². The van der Waals surface area contributed by atoms with Crippen LogP contribution in [0.2, 0.25) is 0 Å². The van der Waals surface area contributed by atoms with Gasteiger partial charge in [-0.05, 0) is 24.6 Å². The number of anilines is 1. The van der Waals surface area contributed by atoms with Gasteiger partial charge in [-0.2, -0.15) is 8.42 Å². The molecule has 0 amide bonds. The molecule has 4 aromatic rings. The number of rotatable bonds is 8. The normalized spacial score (nSPS) is 11.6. The number of fused-ring (bicyclic) bond motifs is 1. The zero-order chi connectivity index (χ0) is 22.9. The monoisotopic (exact) mass is 457 g/mol. The van der Waals surface area contributed by atoms with Crippen molar-refractivity contribution >= 4 is 26.7 Å². The Morgan fingerprint density at radius 1 is 1.09 bits per heavy atom. The Morgan fingerprint density at radius 3 is 2.50 bits per heavy atom.